The van der Waals surface area contributed by atoms with Crippen molar-refractivity contribution >= 4 is 12.0 Å². The molecule has 1 saturated heterocycles. The number of hydrogen-bond donors (Lipinski definition) is 0. The summed E-state index contributed by atoms with van der Waals surface area (Å²) < 4.78 is 16.4. The average molecular weight is 411 g/mol. The van der Waals surface area contributed by atoms with Crippen LogP contribution in [0.5, 0.6) is 17.2 Å². The Morgan fingerprint density at radius 2 is 1.57 bits per heavy atom. The third kappa shape index (κ3) is 5.13. The Morgan fingerprint density at radius 3 is 2.17 bits per heavy atom. The van der Waals surface area contributed by atoms with E-state index in [4.69, 9.17) is 14.2 Å². The van der Waals surface area contributed by atoms with E-state index in [0.717, 1.165) is 30.8 Å². The normalized spacial score (nSPS) is 14.7. The molecular weight excluding hydrogens is 380 g/mol. The summed E-state index contributed by atoms with van der Waals surface area (Å²) >= 11 is 0. The number of carbonyl (C=O) groups is 1. The molecule has 0 radical (unpaired) electrons. The van der Waals surface area contributed by atoms with Crippen LogP contribution in [0.3, 0.4) is 0 Å². The molecule has 0 aliphatic carbocycles. The van der Waals surface area contributed by atoms with Gasteiger partial charge in [-0.1, -0.05) is 35.9 Å². The summed E-state index contributed by atoms with van der Waals surface area (Å²) in [4.78, 5) is 16.7. The molecule has 1 amide bonds. The Morgan fingerprint density at radius 1 is 0.900 bits per heavy atom. The van der Waals surface area contributed by atoms with Crippen LogP contribution in [0.25, 0.3) is 6.08 Å². The van der Waals surface area contributed by atoms with E-state index in [1.807, 2.05) is 47.4 Å². The predicted octanol–water partition coefficient (Wildman–Crippen LogP) is 3.38. The maximum atomic E-state index is 12.5. The number of hydrogen-bond acceptors (Lipinski definition) is 5. The number of nitrogens with zero attached hydrogens (tertiary/aromatic N) is 2. The second-order valence-corrected chi connectivity index (χ2v) is 7.34. The molecule has 0 bridgehead atoms. The van der Waals surface area contributed by atoms with Crippen molar-refractivity contribution in [3.63, 3.8) is 0 Å². The zero-order valence-electron chi connectivity index (χ0n) is 18.2. The molecule has 0 spiro atoms. The van der Waals surface area contributed by atoms with Crippen LogP contribution in [0.15, 0.2) is 42.5 Å². The molecule has 1 heterocycles. The lowest BCUT2D eigenvalue weighted by molar-refractivity contribution is -0.127. The Balaban J connectivity index is 1.58. The molecule has 0 saturated carbocycles. The topological polar surface area (TPSA) is 51.2 Å². The van der Waals surface area contributed by atoms with E-state index in [1.54, 1.807) is 27.4 Å². The first-order valence-electron chi connectivity index (χ1n) is 10.1. The van der Waals surface area contributed by atoms with Crippen LogP contribution < -0.4 is 14.2 Å². The smallest absolute Gasteiger partial charge is 0.246 e. The van der Waals surface area contributed by atoms with Crippen LogP contribution in [0.4, 0.5) is 0 Å². The van der Waals surface area contributed by atoms with Crippen molar-refractivity contribution in [2.75, 3.05) is 47.5 Å². The van der Waals surface area contributed by atoms with E-state index in [2.05, 4.69) is 11.8 Å². The summed E-state index contributed by atoms with van der Waals surface area (Å²) in [5, 5.41) is 0. The summed E-state index contributed by atoms with van der Waals surface area (Å²) in [7, 11) is 4.86. The first-order valence-corrected chi connectivity index (χ1v) is 10.1. The third-order valence-corrected chi connectivity index (χ3v) is 5.36. The molecule has 1 fully saturated rings. The number of rotatable bonds is 7. The summed E-state index contributed by atoms with van der Waals surface area (Å²) in [6.45, 7) is 5.79. The van der Waals surface area contributed by atoms with Gasteiger partial charge in [0.2, 0.25) is 11.7 Å². The fourth-order valence-corrected chi connectivity index (χ4v) is 3.61. The van der Waals surface area contributed by atoms with E-state index >= 15 is 0 Å². The molecular formula is C24H30N2O4. The highest BCUT2D eigenvalue weighted by atomic mass is 16.5. The van der Waals surface area contributed by atoms with Gasteiger partial charge in [-0.25, -0.2) is 0 Å². The first-order chi connectivity index (χ1) is 14.5. The van der Waals surface area contributed by atoms with Crippen LogP contribution in [0, 0.1) is 6.92 Å². The second-order valence-electron chi connectivity index (χ2n) is 7.34. The van der Waals surface area contributed by atoms with Gasteiger partial charge in [0.15, 0.2) is 11.5 Å². The molecule has 0 aromatic heterocycles. The van der Waals surface area contributed by atoms with Crippen LogP contribution in [0.1, 0.15) is 16.7 Å². The molecule has 0 N–H and O–H groups in total. The van der Waals surface area contributed by atoms with Crippen molar-refractivity contribution in [1.82, 2.24) is 9.80 Å². The van der Waals surface area contributed by atoms with Gasteiger partial charge in [0, 0.05) is 44.4 Å². The highest BCUT2D eigenvalue weighted by Gasteiger charge is 2.22. The maximum absolute atomic E-state index is 12.5. The highest BCUT2D eigenvalue weighted by molar-refractivity contribution is 5.91. The van der Waals surface area contributed by atoms with E-state index in [1.165, 1.54) is 5.56 Å². The van der Waals surface area contributed by atoms with Crippen molar-refractivity contribution in [3.05, 3.63) is 59.2 Å². The minimum atomic E-state index is 0.0546. The molecule has 0 atom stereocenters. The first kappa shape index (κ1) is 21.7. The van der Waals surface area contributed by atoms with E-state index in [0.29, 0.717) is 30.3 Å². The number of amides is 1. The molecule has 2 aromatic rings. The van der Waals surface area contributed by atoms with Crippen LogP contribution in [0.2, 0.25) is 0 Å². The van der Waals surface area contributed by atoms with Gasteiger partial charge >= 0.3 is 0 Å². The van der Waals surface area contributed by atoms with Gasteiger partial charge in [0.1, 0.15) is 0 Å². The van der Waals surface area contributed by atoms with Gasteiger partial charge in [-0.2, -0.15) is 0 Å². The zero-order valence-corrected chi connectivity index (χ0v) is 18.2. The van der Waals surface area contributed by atoms with Gasteiger partial charge in [0.25, 0.3) is 0 Å². The molecule has 6 heteroatoms. The third-order valence-electron chi connectivity index (χ3n) is 5.36. The van der Waals surface area contributed by atoms with E-state index in [-0.39, 0.29) is 5.91 Å². The Labute approximate surface area is 178 Å². The molecule has 6 nitrogen and oxygen atoms in total. The molecule has 2 aromatic carbocycles. The second kappa shape index (κ2) is 10.2. The zero-order chi connectivity index (χ0) is 21.5. The monoisotopic (exact) mass is 410 g/mol. The van der Waals surface area contributed by atoms with Crippen molar-refractivity contribution in [1.29, 1.82) is 0 Å². The number of aryl methyl sites for hydroxylation is 1. The summed E-state index contributed by atoms with van der Waals surface area (Å²) in [6, 6.07) is 12.0. The summed E-state index contributed by atoms with van der Waals surface area (Å²) in [5.74, 6) is 2.00. The fourth-order valence-electron chi connectivity index (χ4n) is 3.61. The number of carbonyl (C=O) groups excluding carboxylic acids is 1. The maximum Gasteiger partial charge on any atom is 0.246 e. The summed E-state index contributed by atoms with van der Waals surface area (Å²) in [6.07, 6.45) is 3.54. The van der Waals surface area contributed by atoms with Crippen LogP contribution in [-0.4, -0.2) is 63.2 Å². The molecule has 1 aliphatic heterocycles. The minimum Gasteiger partial charge on any atom is -0.493 e. The molecule has 1 aliphatic rings. The number of piperazine rings is 1. The number of benzene rings is 2. The van der Waals surface area contributed by atoms with Gasteiger partial charge in [-0.15, -0.1) is 0 Å². The molecule has 3 rings (SSSR count). The van der Waals surface area contributed by atoms with Gasteiger partial charge in [-0.05, 0) is 24.6 Å². The quantitative estimate of drug-likeness (QED) is 0.655. The number of methoxy groups -OCH3 is 3. The SMILES string of the molecule is COc1ccc(CN2CCN(C(=O)/C=C/c3ccc(C)cc3)CC2)c(OC)c1OC. The lowest BCUT2D eigenvalue weighted by Gasteiger charge is -2.34. The van der Waals surface area contributed by atoms with Crippen LogP contribution >= 0.6 is 0 Å². The predicted molar refractivity (Wildman–Crippen MR) is 118 cm³/mol. The van der Waals surface area contributed by atoms with E-state index in [9.17, 15) is 4.79 Å². The lowest BCUT2D eigenvalue weighted by atomic mass is 10.1. The summed E-state index contributed by atoms with van der Waals surface area (Å²) in [5.41, 5.74) is 3.28. The molecule has 0 unspecified atom stereocenters. The Hall–Kier alpha value is -2.99. The fraction of sp³-hybridized carbons (Fsp3) is 0.375. The largest absolute Gasteiger partial charge is 0.493 e. The van der Waals surface area contributed by atoms with Crippen molar-refractivity contribution < 1.29 is 19.0 Å². The Bertz CT molecular complexity index is 885. The average Bonchev–Trinajstić information content (AvgIpc) is 2.78. The van der Waals surface area contributed by atoms with Gasteiger partial charge in [-0.3, -0.25) is 9.69 Å². The minimum absolute atomic E-state index is 0.0546. The Kier molecular flexibility index (Phi) is 7.36. The highest BCUT2D eigenvalue weighted by Crippen LogP contribution is 2.40. The van der Waals surface area contributed by atoms with Crippen LogP contribution in [-0.2, 0) is 11.3 Å². The van der Waals surface area contributed by atoms with E-state index < -0.39 is 0 Å². The van der Waals surface area contributed by atoms with Crippen molar-refractivity contribution in [3.8, 4) is 17.2 Å². The standard InChI is InChI=1S/C24H30N2O4/c1-18-5-7-19(8-6-18)9-12-22(27)26-15-13-25(14-16-26)17-20-10-11-21(28-2)24(30-4)23(20)29-3/h5-12H,13-17H2,1-4H3/b12-9+. The number of ether oxygens (including phenoxy) is 3. The van der Waals surface area contributed by atoms with Crippen molar-refractivity contribution in [2.45, 2.75) is 13.5 Å². The van der Waals surface area contributed by atoms with Gasteiger partial charge in [0.05, 0.1) is 21.3 Å². The molecule has 160 valence electrons. The molecule has 30 heavy (non-hydrogen) atoms. The van der Waals surface area contributed by atoms with Gasteiger partial charge < -0.3 is 19.1 Å². The van der Waals surface area contributed by atoms with Crippen molar-refractivity contribution in [2.24, 2.45) is 0 Å². The lowest BCUT2D eigenvalue weighted by Crippen LogP contribution is -2.47.